The zero-order valence-electron chi connectivity index (χ0n) is 19.6. The molecule has 0 spiro atoms. The molecule has 0 heterocycles. The minimum Gasteiger partial charge on any atom is -0.480 e. The van der Waals surface area contributed by atoms with Gasteiger partial charge in [-0.3, -0.25) is 4.79 Å². The molecular weight excluding hydrogens is 448 g/mol. The van der Waals surface area contributed by atoms with Crippen LogP contribution in [0.1, 0.15) is 49.1 Å². The van der Waals surface area contributed by atoms with Gasteiger partial charge in [-0.15, -0.1) is 0 Å². The van der Waals surface area contributed by atoms with Crippen LogP contribution in [0.5, 0.6) is 0 Å². The summed E-state index contributed by atoms with van der Waals surface area (Å²) in [6, 6.07) is 15.2. The van der Waals surface area contributed by atoms with Crippen molar-refractivity contribution in [1.82, 2.24) is 10.6 Å². The molecule has 2 aromatic carbocycles. The summed E-state index contributed by atoms with van der Waals surface area (Å²) in [6.07, 6.45) is 2.64. The van der Waals surface area contributed by atoms with E-state index in [0.717, 1.165) is 41.5 Å². The van der Waals surface area contributed by atoms with Gasteiger partial charge in [0.15, 0.2) is 0 Å². The van der Waals surface area contributed by atoms with Gasteiger partial charge in [0.25, 0.3) is 0 Å². The van der Waals surface area contributed by atoms with Crippen molar-refractivity contribution in [2.75, 3.05) is 19.8 Å². The van der Waals surface area contributed by atoms with Crippen LogP contribution >= 0.6 is 0 Å². The van der Waals surface area contributed by atoms with Crippen molar-refractivity contribution >= 4 is 18.0 Å². The number of alkyl carbamates (subject to hydrolysis) is 1. The van der Waals surface area contributed by atoms with Crippen LogP contribution in [-0.2, 0) is 14.3 Å². The van der Waals surface area contributed by atoms with E-state index in [-0.39, 0.29) is 43.9 Å². The van der Waals surface area contributed by atoms with Crippen LogP contribution in [0.3, 0.4) is 0 Å². The summed E-state index contributed by atoms with van der Waals surface area (Å²) in [5, 5.41) is 23.7. The van der Waals surface area contributed by atoms with Crippen LogP contribution in [-0.4, -0.2) is 54.0 Å². The maximum Gasteiger partial charge on any atom is 0.407 e. The summed E-state index contributed by atoms with van der Waals surface area (Å²) in [6.45, 7) is 0.178. The molecule has 2 amide bonds. The van der Waals surface area contributed by atoms with Gasteiger partial charge in [0.05, 0.1) is 0 Å². The molecule has 186 valence electrons. The number of carbonyl (C=O) groups is 3. The first-order valence-electron chi connectivity index (χ1n) is 12.2. The summed E-state index contributed by atoms with van der Waals surface area (Å²) in [4.78, 5) is 36.7. The number of hydrogen-bond donors (Lipinski definition) is 4. The molecule has 2 aliphatic rings. The Bertz CT molecular complexity index is 1030. The average molecular weight is 481 g/mol. The van der Waals surface area contributed by atoms with Crippen LogP contribution in [0, 0.1) is 11.8 Å². The molecule has 1 fully saturated rings. The molecular formula is C27H32N2O6. The Kier molecular flexibility index (Phi) is 8.02. The normalized spacial score (nSPS) is 19.8. The Morgan fingerprint density at radius 2 is 1.60 bits per heavy atom. The Hall–Kier alpha value is -3.39. The molecule has 3 atom stereocenters. The van der Waals surface area contributed by atoms with Crippen LogP contribution in [0.2, 0.25) is 0 Å². The lowest BCUT2D eigenvalue weighted by atomic mass is 9.78. The molecule has 35 heavy (non-hydrogen) atoms. The SMILES string of the molecule is O=C(NCC1CCCCC1C(=O)N[C@H](CCO)C(=O)O)OCC1c2ccccc2-c2ccccc21. The number of carboxylic acid groups (broad SMARTS) is 1. The Balaban J connectivity index is 1.32. The van der Waals surface area contributed by atoms with E-state index in [1.54, 1.807) is 0 Å². The number of aliphatic carboxylic acids is 1. The summed E-state index contributed by atoms with van der Waals surface area (Å²) >= 11 is 0. The number of aliphatic hydroxyl groups excluding tert-OH is 1. The highest BCUT2D eigenvalue weighted by Gasteiger charge is 2.34. The molecule has 2 aliphatic carbocycles. The molecule has 8 heteroatoms. The quantitative estimate of drug-likeness (QED) is 0.437. The lowest BCUT2D eigenvalue weighted by molar-refractivity contribution is -0.143. The molecule has 0 aliphatic heterocycles. The highest BCUT2D eigenvalue weighted by molar-refractivity contribution is 5.85. The summed E-state index contributed by atoms with van der Waals surface area (Å²) in [5.41, 5.74) is 4.60. The molecule has 1 saturated carbocycles. The minimum absolute atomic E-state index is 0.0270. The number of ether oxygens (including phenoxy) is 1. The minimum atomic E-state index is -1.17. The van der Waals surface area contributed by atoms with Crippen molar-refractivity contribution in [3.8, 4) is 11.1 Å². The lowest BCUT2D eigenvalue weighted by Crippen LogP contribution is -2.48. The van der Waals surface area contributed by atoms with Crippen molar-refractivity contribution in [2.24, 2.45) is 11.8 Å². The first-order valence-corrected chi connectivity index (χ1v) is 12.2. The van der Waals surface area contributed by atoms with Crippen LogP contribution in [0.25, 0.3) is 11.1 Å². The Morgan fingerprint density at radius 3 is 2.23 bits per heavy atom. The second-order valence-electron chi connectivity index (χ2n) is 9.27. The predicted molar refractivity (Wildman–Crippen MR) is 130 cm³/mol. The summed E-state index contributed by atoms with van der Waals surface area (Å²) in [7, 11) is 0. The highest BCUT2D eigenvalue weighted by atomic mass is 16.5. The Morgan fingerprint density at radius 1 is 0.971 bits per heavy atom. The fraction of sp³-hybridized carbons (Fsp3) is 0.444. The molecule has 4 N–H and O–H groups in total. The van der Waals surface area contributed by atoms with Gasteiger partial charge in [0.2, 0.25) is 5.91 Å². The molecule has 0 bridgehead atoms. The monoisotopic (exact) mass is 480 g/mol. The van der Waals surface area contributed by atoms with Crippen LogP contribution in [0.15, 0.2) is 48.5 Å². The third-order valence-electron chi connectivity index (χ3n) is 7.13. The molecule has 0 saturated heterocycles. The van der Waals surface area contributed by atoms with E-state index in [2.05, 4.69) is 34.9 Å². The van der Waals surface area contributed by atoms with E-state index in [9.17, 15) is 19.5 Å². The van der Waals surface area contributed by atoms with Crippen molar-refractivity contribution < 1.29 is 29.3 Å². The van der Waals surface area contributed by atoms with E-state index < -0.39 is 24.0 Å². The van der Waals surface area contributed by atoms with Gasteiger partial charge in [-0.2, -0.15) is 0 Å². The second kappa shape index (κ2) is 11.4. The van der Waals surface area contributed by atoms with Gasteiger partial charge >= 0.3 is 12.1 Å². The van der Waals surface area contributed by atoms with Crippen molar-refractivity contribution in [3.63, 3.8) is 0 Å². The summed E-state index contributed by atoms with van der Waals surface area (Å²) in [5.74, 6) is -2.03. The highest BCUT2D eigenvalue weighted by Crippen LogP contribution is 2.44. The van der Waals surface area contributed by atoms with E-state index in [1.807, 2.05) is 24.3 Å². The number of nitrogens with one attached hydrogen (secondary N) is 2. The number of benzene rings is 2. The molecule has 0 radical (unpaired) electrons. The fourth-order valence-electron chi connectivity index (χ4n) is 5.33. The summed E-state index contributed by atoms with van der Waals surface area (Å²) < 4.78 is 5.60. The largest absolute Gasteiger partial charge is 0.480 e. The van der Waals surface area contributed by atoms with Gasteiger partial charge in [-0.1, -0.05) is 61.4 Å². The predicted octanol–water partition coefficient (Wildman–Crippen LogP) is 3.28. The first-order chi connectivity index (χ1) is 17.0. The maximum absolute atomic E-state index is 12.8. The number of hydrogen-bond acceptors (Lipinski definition) is 5. The number of carboxylic acids is 1. The van der Waals surface area contributed by atoms with E-state index in [0.29, 0.717) is 6.42 Å². The maximum atomic E-state index is 12.8. The van der Waals surface area contributed by atoms with E-state index in [4.69, 9.17) is 9.84 Å². The molecule has 0 aromatic heterocycles. The molecule has 4 rings (SSSR count). The Labute approximate surface area is 204 Å². The third kappa shape index (κ3) is 5.65. The first kappa shape index (κ1) is 24.7. The average Bonchev–Trinajstić information content (AvgIpc) is 3.19. The number of aliphatic hydroxyl groups is 1. The third-order valence-corrected chi connectivity index (χ3v) is 7.13. The topological polar surface area (TPSA) is 125 Å². The fourth-order valence-corrected chi connectivity index (χ4v) is 5.33. The standard InChI is InChI=1S/C27H32N2O6/c30-14-13-24(26(32)33)29-25(31)18-8-2-1-7-17(18)15-28-27(34)35-16-23-21-11-5-3-9-19(21)20-10-4-6-12-22(20)23/h3-6,9-12,17-18,23-24,30H,1-2,7-8,13-16H2,(H,28,34)(H,29,31)(H,32,33)/t17?,18?,24-/m1/s1. The van der Waals surface area contributed by atoms with Gasteiger partial charge < -0.3 is 25.6 Å². The smallest absolute Gasteiger partial charge is 0.407 e. The van der Waals surface area contributed by atoms with E-state index >= 15 is 0 Å². The van der Waals surface area contributed by atoms with Gasteiger partial charge in [0.1, 0.15) is 12.6 Å². The van der Waals surface area contributed by atoms with Gasteiger partial charge in [-0.25, -0.2) is 9.59 Å². The van der Waals surface area contributed by atoms with Crippen LogP contribution in [0.4, 0.5) is 4.79 Å². The van der Waals surface area contributed by atoms with E-state index in [1.165, 1.54) is 0 Å². The second-order valence-corrected chi connectivity index (χ2v) is 9.27. The van der Waals surface area contributed by atoms with Crippen molar-refractivity contribution in [2.45, 2.75) is 44.1 Å². The van der Waals surface area contributed by atoms with Gasteiger partial charge in [-0.05, 0) is 41.0 Å². The lowest BCUT2D eigenvalue weighted by Gasteiger charge is -2.31. The van der Waals surface area contributed by atoms with Gasteiger partial charge in [0, 0.05) is 31.4 Å². The zero-order chi connectivity index (χ0) is 24.8. The van der Waals surface area contributed by atoms with Crippen molar-refractivity contribution in [1.29, 1.82) is 0 Å². The number of carbonyl (C=O) groups excluding carboxylic acids is 2. The van der Waals surface area contributed by atoms with Crippen LogP contribution < -0.4 is 10.6 Å². The molecule has 2 aromatic rings. The number of amides is 2. The van der Waals surface area contributed by atoms with Crippen molar-refractivity contribution in [3.05, 3.63) is 59.7 Å². The number of fused-ring (bicyclic) bond motifs is 3. The molecule has 8 nitrogen and oxygen atoms in total. The number of rotatable bonds is 9. The molecule has 2 unspecified atom stereocenters. The zero-order valence-corrected chi connectivity index (χ0v) is 19.6.